The molecule has 5 nitrogen and oxygen atoms in total. The molecular weight excluding hydrogens is 292 g/mol. The fourth-order valence-electron chi connectivity index (χ4n) is 2.21. The smallest absolute Gasteiger partial charge is 0.312 e. The van der Waals surface area contributed by atoms with E-state index in [0.717, 1.165) is 5.56 Å². The van der Waals surface area contributed by atoms with Crippen molar-refractivity contribution >= 4 is 23.5 Å². The quantitative estimate of drug-likeness (QED) is 0.799. The first-order chi connectivity index (χ1) is 10.0. The summed E-state index contributed by atoms with van der Waals surface area (Å²) in [5, 5.41) is 9.23. The third kappa shape index (κ3) is 3.73. The van der Waals surface area contributed by atoms with Crippen molar-refractivity contribution in [2.24, 2.45) is 5.92 Å². The summed E-state index contributed by atoms with van der Waals surface area (Å²) >= 11 is 6.07. The third-order valence-electron chi connectivity index (χ3n) is 3.34. The number of carbonyl (C=O) groups excluding carboxylic acids is 2. The number of halogens is 1. The minimum atomic E-state index is -0.801. The molecule has 1 saturated heterocycles. The third-order valence-corrected chi connectivity index (χ3v) is 3.71. The normalized spacial score (nSPS) is 19.2. The minimum absolute atomic E-state index is 0.110. The first-order valence-corrected chi connectivity index (χ1v) is 7.00. The highest BCUT2D eigenvalue weighted by Crippen LogP contribution is 2.24. The van der Waals surface area contributed by atoms with Crippen molar-refractivity contribution in [3.8, 4) is 6.07 Å². The van der Waals surface area contributed by atoms with Crippen LogP contribution in [0.15, 0.2) is 24.3 Å². The van der Waals surface area contributed by atoms with Gasteiger partial charge in [-0.25, -0.2) is 0 Å². The Morgan fingerprint density at radius 1 is 1.57 bits per heavy atom. The summed E-state index contributed by atoms with van der Waals surface area (Å²) in [6.07, 6.45) is -0.688. The molecule has 1 heterocycles. The number of benzene rings is 1. The monoisotopic (exact) mass is 306 g/mol. The van der Waals surface area contributed by atoms with Crippen LogP contribution in [-0.2, 0) is 20.9 Å². The summed E-state index contributed by atoms with van der Waals surface area (Å²) in [5.41, 5.74) is 0.840. The molecule has 2 atom stereocenters. The zero-order chi connectivity index (χ0) is 15.4. The van der Waals surface area contributed by atoms with Gasteiger partial charge < -0.3 is 9.64 Å². The lowest BCUT2D eigenvalue weighted by Gasteiger charge is -2.17. The van der Waals surface area contributed by atoms with Crippen molar-refractivity contribution in [2.45, 2.75) is 26.0 Å². The van der Waals surface area contributed by atoms with Gasteiger partial charge in [-0.1, -0.05) is 29.8 Å². The Morgan fingerprint density at radius 2 is 2.29 bits per heavy atom. The predicted molar refractivity (Wildman–Crippen MR) is 76.1 cm³/mol. The van der Waals surface area contributed by atoms with Crippen molar-refractivity contribution < 1.29 is 14.3 Å². The van der Waals surface area contributed by atoms with Gasteiger partial charge in [-0.3, -0.25) is 9.59 Å². The van der Waals surface area contributed by atoms with Gasteiger partial charge in [-0.15, -0.1) is 0 Å². The van der Waals surface area contributed by atoms with Crippen molar-refractivity contribution in [2.75, 3.05) is 6.54 Å². The second-order valence-corrected chi connectivity index (χ2v) is 5.38. The first kappa shape index (κ1) is 15.3. The van der Waals surface area contributed by atoms with E-state index in [1.807, 2.05) is 24.3 Å². The van der Waals surface area contributed by atoms with Crippen LogP contribution in [0, 0.1) is 17.2 Å². The Labute approximate surface area is 128 Å². The van der Waals surface area contributed by atoms with Crippen molar-refractivity contribution in [1.29, 1.82) is 5.26 Å². The Hall–Kier alpha value is -2.06. The molecule has 0 unspecified atom stereocenters. The maximum absolute atomic E-state index is 12.0. The summed E-state index contributed by atoms with van der Waals surface area (Å²) in [6.45, 7) is 2.16. The molecule has 110 valence electrons. The highest BCUT2D eigenvalue weighted by atomic mass is 35.5. The van der Waals surface area contributed by atoms with E-state index >= 15 is 0 Å². The molecule has 1 fully saturated rings. The lowest BCUT2D eigenvalue weighted by Crippen LogP contribution is -2.27. The molecule has 0 aromatic heterocycles. The number of nitriles is 1. The number of nitrogens with zero attached hydrogens (tertiary/aromatic N) is 2. The van der Waals surface area contributed by atoms with Gasteiger partial charge in [0.15, 0.2) is 6.10 Å². The average molecular weight is 307 g/mol. The van der Waals surface area contributed by atoms with Gasteiger partial charge in [0.25, 0.3) is 0 Å². The zero-order valence-electron chi connectivity index (χ0n) is 11.6. The van der Waals surface area contributed by atoms with E-state index in [4.69, 9.17) is 21.6 Å². The summed E-state index contributed by atoms with van der Waals surface area (Å²) in [4.78, 5) is 25.4. The fraction of sp³-hybridized carbons (Fsp3) is 0.400. The molecule has 0 saturated carbocycles. The number of likely N-dealkylation sites (tertiary alicyclic amines) is 1. The van der Waals surface area contributed by atoms with E-state index in [-0.39, 0.29) is 12.3 Å². The molecule has 21 heavy (non-hydrogen) atoms. The molecule has 2 rings (SSSR count). The predicted octanol–water partition coefficient (Wildman–Crippen LogP) is 2.14. The zero-order valence-corrected chi connectivity index (χ0v) is 12.3. The topological polar surface area (TPSA) is 70.4 Å². The van der Waals surface area contributed by atoms with Crippen molar-refractivity contribution in [1.82, 2.24) is 4.90 Å². The van der Waals surface area contributed by atoms with Gasteiger partial charge in [0.05, 0.1) is 5.92 Å². The van der Waals surface area contributed by atoms with Crippen molar-refractivity contribution in [3.05, 3.63) is 34.9 Å². The maximum atomic E-state index is 12.0. The molecule has 0 spiro atoms. The number of rotatable bonds is 4. The molecule has 1 aromatic carbocycles. The average Bonchev–Trinajstić information content (AvgIpc) is 2.82. The molecule has 1 aromatic rings. The molecule has 0 aliphatic carbocycles. The minimum Gasteiger partial charge on any atom is -0.447 e. The number of hydrogen-bond donors (Lipinski definition) is 0. The number of amides is 1. The van der Waals surface area contributed by atoms with Gasteiger partial charge in [-0.2, -0.15) is 5.26 Å². The molecular formula is C15H15ClN2O3. The van der Waals surface area contributed by atoms with Crippen LogP contribution >= 0.6 is 11.6 Å². The number of ether oxygens (including phenoxy) is 1. The van der Waals surface area contributed by atoms with E-state index in [2.05, 4.69) is 0 Å². The lowest BCUT2D eigenvalue weighted by atomic mass is 10.1. The molecule has 0 N–H and O–H groups in total. The summed E-state index contributed by atoms with van der Waals surface area (Å²) in [6, 6.07) is 9.11. The SMILES string of the molecule is C[C@@H](C#N)OC(=O)[C@@H]1CC(=O)N(Cc2ccccc2Cl)C1. The van der Waals surface area contributed by atoms with Crippen LogP contribution < -0.4 is 0 Å². The molecule has 1 aliphatic heterocycles. The van der Waals surface area contributed by atoms with Crippen LogP contribution in [0.25, 0.3) is 0 Å². The standard InChI is InChI=1S/C15H15ClN2O3/c1-10(7-17)21-15(20)12-6-14(19)18(9-12)8-11-4-2-3-5-13(11)16/h2-5,10,12H,6,8-9H2,1H3/t10-,12+/m0/s1. The Balaban J connectivity index is 1.99. The van der Waals surface area contributed by atoms with Crippen LogP contribution in [0.1, 0.15) is 18.9 Å². The largest absolute Gasteiger partial charge is 0.447 e. The van der Waals surface area contributed by atoms with Gasteiger partial charge in [0.2, 0.25) is 5.91 Å². The fourth-order valence-corrected chi connectivity index (χ4v) is 2.41. The second kappa shape index (κ2) is 6.59. The van der Waals surface area contributed by atoms with E-state index in [9.17, 15) is 9.59 Å². The molecule has 1 aliphatic rings. The van der Waals surface area contributed by atoms with Crippen LogP contribution in [0.3, 0.4) is 0 Å². The van der Waals surface area contributed by atoms with E-state index in [1.165, 1.54) is 6.92 Å². The van der Waals surface area contributed by atoms with Crippen LogP contribution in [-0.4, -0.2) is 29.4 Å². The Kier molecular flexibility index (Phi) is 4.81. The highest BCUT2D eigenvalue weighted by Gasteiger charge is 2.36. The first-order valence-electron chi connectivity index (χ1n) is 6.62. The molecule has 0 radical (unpaired) electrons. The Bertz CT molecular complexity index is 597. The number of hydrogen-bond acceptors (Lipinski definition) is 4. The second-order valence-electron chi connectivity index (χ2n) is 4.97. The molecule has 6 heteroatoms. The van der Waals surface area contributed by atoms with E-state index in [0.29, 0.717) is 18.1 Å². The van der Waals surface area contributed by atoms with Crippen LogP contribution in [0.5, 0.6) is 0 Å². The van der Waals surface area contributed by atoms with Gasteiger partial charge in [0, 0.05) is 24.5 Å². The highest BCUT2D eigenvalue weighted by molar-refractivity contribution is 6.31. The maximum Gasteiger partial charge on any atom is 0.312 e. The molecule has 0 bridgehead atoms. The summed E-state index contributed by atoms with van der Waals surface area (Å²) in [5.74, 6) is -1.13. The lowest BCUT2D eigenvalue weighted by molar-refractivity contribution is -0.150. The Morgan fingerprint density at radius 3 is 2.95 bits per heavy atom. The van der Waals surface area contributed by atoms with Gasteiger partial charge in [0.1, 0.15) is 6.07 Å². The van der Waals surface area contributed by atoms with Gasteiger partial charge in [-0.05, 0) is 18.6 Å². The van der Waals surface area contributed by atoms with Crippen LogP contribution in [0.2, 0.25) is 5.02 Å². The van der Waals surface area contributed by atoms with E-state index < -0.39 is 18.0 Å². The van der Waals surface area contributed by atoms with Gasteiger partial charge >= 0.3 is 5.97 Å². The summed E-state index contributed by atoms with van der Waals surface area (Å²) < 4.78 is 4.95. The number of esters is 1. The van der Waals surface area contributed by atoms with Crippen LogP contribution in [0.4, 0.5) is 0 Å². The van der Waals surface area contributed by atoms with Crippen molar-refractivity contribution in [3.63, 3.8) is 0 Å². The number of carbonyl (C=O) groups is 2. The van der Waals surface area contributed by atoms with E-state index in [1.54, 1.807) is 11.0 Å². The molecule has 1 amide bonds. The summed E-state index contributed by atoms with van der Waals surface area (Å²) in [7, 11) is 0.